The van der Waals surface area contributed by atoms with Crippen molar-refractivity contribution in [2.45, 2.75) is 32.6 Å². The predicted molar refractivity (Wildman–Crippen MR) is 121 cm³/mol. The molecule has 29 heavy (non-hydrogen) atoms. The van der Waals surface area contributed by atoms with Crippen molar-refractivity contribution in [1.29, 1.82) is 5.26 Å². The van der Waals surface area contributed by atoms with Gasteiger partial charge >= 0.3 is 0 Å². The van der Waals surface area contributed by atoms with E-state index in [-0.39, 0.29) is 11.7 Å². The van der Waals surface area contributed by atoms with Crippen LogP contribution in [0.5, 0.6) is 0 Å². The van der Waals surface area contributed by atoms with Gasteiger partial charge in [-0.25, -0.2) is 0 Å². The lowest BCUT2D eigenvalue weighted by Crippen LogP contribution is -2.37. The average molecular weight is 400 g/mol. The minimum absolute atomic E-state index is 0.120. The lowest BCUT2D eigenvalue weighted by Gasteiger charge is -2.31. The number of thiophene rings is 1. The summed E-state index contributed by atoms with van der Waals surface area (Å²) >= 11 is 1.60. The van der Waals surface area contributed by atoms with E-state index in [1.165, 1.54) is 0 Å². The van der Waals surface area contributed by atoms with E-state index in [0.29, 0.717) is 12.0 Å². The van der Waals surface area contributed by atoms with E-state index in [0.717, 1.165) is 27.1 Å². The van der Waals surface area contributed by atoms with E-state index in [9.17, 15) is 10.1 Å². The zero-order valence-corrected chi connectivity index (χ0v) is 17.9. The van der Waals surface area contributed by atoms with Crippen molar-refractivity contribution in [3.8, 4) is 17.2 Å². The molecular formula is C26H25NOS. The summed E-state index contributed by atoms with van der Waals surface area (Å²) in [5.74, 6) is 0.0797. The molecule has 0 saturated carbocycles. The Kier molecular flexibility index (Phi) is 6.15. The van der Waals surface area contributed by atoms with Gasteiger partial charge in [0.05, 0.1) is 17.0 Å². The summed E-state index contributed by atoms with van der Waals surface area (Å²) in [4.78, 5) is 14.7. The molecule has 0 amide bonds. The minimum Gasteiger partial charge on any atom is -0.298 e. The first-order chi connectivity index (χ1) is 13.9. The summed E-state index contributed by atoms with van der Waals surface area (Å²) in [6.07, 6.45) is 0.684. The molecule has 3 heteroatoms. The molecule has 0 aliphatic rings. The van der Waals surface area contributed by atoms with Crippen molar-refractivity contribution in [2.24, 2.45) is 5.92 Å². The Bertz CT molecular complexity index is 1070. The molecule has 1 unspecified atom stereocenters. The van der Waals surface area contributed by atoms with Crippen LogP contribution in [0.2, 0.25) is 0 Å². The fourth-order valence-electron chi connectivity index (χ4n) is 3.80. The Balaban J connectivity index is 2.08. The molecule has 0 spiro atoms. The standard InChI is InChI=1S/C26H25NOS/c1-18(2)13-19(3)25(28)26(4,23-11-6-5-7-12-23)24-15-22(17-29-24)21-10-8-9-20(14-21)16-27/h5-12,14-15,17,19H,1,13H2,2-4H3/t19?,26-/m1/s1. The zero-order chi connectivity index (χ0) is 21.0. The van der Waals surface area contributed by atoms with Crippen molar-refractivity contribution in [3.63, 3.8) is 0 Å². The Morgan fingerprint density at radius 1 is 1.14 bits per heavy atom. The highest BCUT2D eigenvalue weighted by molar-refractivity contribution is 7.10. The molecule has 3 rings (SSSR count). The van der Waals surface area contributed by atoms with Gasteiger partial charge in [0.1, 0.15) is 0 Å². The van der Waals surface area contributed by atoms with Crippen LogP contribution in [0, 0.1) is 17.2 Å². The van der Waals surface area contributed by atoms with Crippen molar-refractivity contribution >= 4 is 17.1 Å². The number of nitrogens with zero attached hydrogens (tertiary/aromatic N) is 1. The smallest absolute Gasteiger partial charge is 0.151 e. The summed E-state index contributed by atoms with van der Waals surface area (Å²) in [6.45, 7) is 9.97. The summed E-state index contributed by atoms with van der Waals surface area (Å²) in [5.41, 5.74) is 3.94. The highest BCUT2D eigenvalue weighted by atomic mass is 32.1. The van der Waals surface area contributed by atoms with Crippen LogP contribution in [-0.4, -0.2) is 5.78 Å². The number of Topliss-reactive ketones (excluding diaryl/α,β-unsaturated/α-hetero) is 1. The van der Waals surface area contributed by atoms with Crippen LogP contribution >= 0.6 is 11.3 Å². The Labute approximate surface area is 177 Å². The average Bonchev–Trinajstić information content (AvgIpc) is 3.23. The third-order valence-corrected chi connectivity index (χ3v) is 6.52. The van der Waals surface area contributed by atoms with Crippen LogP contribution < -0.4 is 0 Å². The Morgan fingerprint density at radius 2 is 1.86 bits per heavy atom. The quantitative estimate of drug-likeness (QED) is 0.412. The third-order valence-electron chi connectivity index (χ3n) is 5.36. The number of ketones is 1. The molecule has 1 aromatic heterocycles. The Morgan fingerprint density at radius 3 is 2.52 bits per heavy atom. The van der Waals surface area contributed by atoms with Crippen LogP contribution in [0.3, 0.4) is 0 Å². The first kappa shape index (κ1) is 20.8. The normalized spacial score (nSPS) is 13.9. The number of benzene rings is 2. The van der Waals surface area contributed by atoms with Crippen LogP contribution in [0.1, 0.15) is 43.2 Å². The van der Waals surface area contributed by atoms with Gasteiger partial charge < -0.3 is 0 Å². The van der Waals surface area contributed by atoms with E-state index in [1.54, 1.807) is 17.4 Å². The van der Waals surface area contributed by atoms with Crippen molar-refractivity contribution < 1.29 is 4.79 Å². The van der Waals surface area contributed by atoms with Crippen LogP contribution in [-0.2, 0) is 10.2 Å². The molecule has 2 aromatic carbocycles. The number of rotatable bonds is 7. The minimum atomic E-state index is -0.730. The number of hydrogen-bond acceptors (Lipinski definition) is 3. The predicted octanol–water partition coefficient (Wildman–Crippen LogP) is 6.76. The highest BCUT2D eigenvalue weighted by Crippen LogP contribution is 2.41. The van der Waals surface area contributed by atoms with Gasteiger partial charge in [-0.05, 0) is 60.5 Å². The number of hydrogen-bond donors (Lipinski definition) is 0. The molecule has 0 saturated heterocycles. The van der Waals surface area contributed by atoms with Crippen LogP contribution in [0.4, 0.5) is 0 Å². The van der Waals surface area contributed by atoms with Crippen LogP contribution in [0.25, 0.3) is 11.1 Å². The molecule has 146 valence electrons. The Hall–Kier alpha value is -2.96. The van der Waals surface area contributed by atoms with E-state index >= 15 is 0 Å². The largest absolute Gasteiger partial charge is 0.298 e. The maximum atomic E-state index is 13.7. The maximum absolute atomic E-state index is 13.7. The number of allylic oxidation sites excluding steroid dienone is 1. The van der Waals surface area contributed by atoms with Gasteiger partial charge in [0.2, 0.25) is 0 Å². The highest BCUT2D eigenvalue weighted by Gasteiger charge is 2.40. The van der Waals surface area contributed by atoms with Crippen molar-refractivity contribution in [3.05, 3.63) is 94.2 Å². The molecule has 1 heterocycles. The molecule has 0 fully saturated rings. The second-order valence-electron chi connectivity index (χ2n) is 7.81. The van der Waals surface area contributed by atoms with Gasteiger partial charge in [-0.15, -0.1) is 17.9 Å². The SMILES string of the molecule is C=C(C)CC(C)C(=O)[C@](C)(c1ccccc1)c1cc(-c2cccc(C#N)c2)cs1. The van der Waals surface area contributed by atoms with Crippen molar-refractivity contribution in [1.82, 2.24) is 0 Å². The molecule has 0 radical (unpaired) electrons. The third kappa shape index (κ3) is 4.23. The van der Waals surface area contributed by atoms with Crippen LogP contribution in [0.15, 0.2) is 78.2 Å². The fraction of sp³-hybridized carbons (Fsp3) is 0.231. The molecule has 2 nitrogen and oxygen atoms in total. The van der Waals surface area contributed by atoms with Gasteiger partial charge in [0, 0.05) is 10.8 Å². The van der Waals surface area contributed by atoms with Gasteiger partial charge in [-0.2, -0.15) is 5.26 Å². The van der Waals surface area contributed by atoms with E-state index in [2.05, 4.69) is 24.1 Å². The first-order valence-corrected chi connectivity index (χ1v) is 10.6. The first-order valence-electron chi connectivity index (χ1n) is 9.70. The summed E-state index contributed by atoms with van der Waals surface area (Å²) in [7, 11) is 0. The zero-order valence-electron chi connectivity index (χ0n) is 17.1. The van der Waals surface area contributed by atoms with Gasteiger partial charge in [0.25, 0.3) is 0 Å². The maximum Gasteiger partial charge on any atom is 0.151 e. The monoisotopic (exact) mass is 399 g/mol. The lowest BCUT2D eigenvalue weighted by molar-refractivity contribution is -0.126. The summed E-state index contributed by atoms with van der Waals surface area (Å²) in [5, 5.41) is 11.3. The molecule has 3 aromatic rings. The summed E-state index contributed by atoms with van der Waals surface area (Å²) < 4.78 is 0. The molecule has 0 aliphatic heterocycles. The molecule has 0 bridgehead atoms. The van der Waals surface area contributed by atoms with Gasteiger partial charge in [-0.3, -0.25) is 4.79 Å². The van der Waals surface area contributed by atoms with Crippen molar-refractivity contribution in [2.75, 3.05) is 0 Å². The van der Waals surface area contributed by atoms with Gasteiger partial charge in [-0.1, -0.05) is 55.0 Å². The lowest BCUT2D eigenvalue weighted by atomic mass is 9.72. The summed E-state index contributed by atoms with van der Waals surface area (Å²) in [6, 6.07) is 21.9. The second-order valence-corrected chi connectivity index (χ2v) is 8.72. The topological polar surface area (TPSA) is 40.9 Å². The van der Waals surface area contributed by atoms with E-state index < -0.39 is 5.41 Å². The molecule has 0 aliphatic carbocycles. The second kappa shape index (κ2) is 8.59. The number of nitriles is 1. The molecular weight excluding hydrogens is 374 g/mol. The fourth-order valence-corrected chi connectivity index (χ4v) is 4.91. The van der Waals surface area contributed by atoms with Gasteiger partial charge in [0.15, 0.2) is 5.78 Å². The molecule has 0 N–H and O–H groups in total. The molecule has 2 atom stereocenters. The van der Waals surface area contributed by atoms with E-state index in [1.807, 2.05) is 69.3 Å². The van der Waals surface area contributed by atoms with E-state index in [4.69, 9.17) is 0 Å². The number of carbonyl (C=O) groups is 1. The number of carbonyl (C=O) groups excluding carboxylic acids is 1.